The Hall–Kier alpha value is -0.0800. The minimum absolute atomic E-state index is 0.265. The van der Waals surface area contributed by atoms with Crippen LogP contribution in [0.3, 0.4) is 0 Å². The summed E-state index contributed by atoms with van der Waals surface area (Å²) in [6.07, 6.45) is 4.81. The highest BCUT2D eigenvalue weighted by atomic mass is 16.7. The summed E-state index contributed by atoms with van der Waals surface area (Å²) in [6.45, 7) is 10.0. The standard InChI is InChI=1S/C13H24O2/c1-10-7-12(3,4)9-13(8-10)14-6-5-11(2)15-13/h10-11H,5-9H2,1-4H3/t10-,11-,13-/m1/s1. The van der Waals surface area contributed by atoms with Gasteiger partial charge in [0, 0.05) is 12.8 Å². The van der Waals surface area contributed by atoms with Crippen LogP contribution in [0.5, 0.6) is 0 Å². The van der Waals surface area contributed by atoms with E-state index in [0.29, 0.717) is 17.4 Å². The summed E-state index contributed by atoms with van der Waals surface area (Å²) in [5.41, 5.74) is 0.356. The maximum atomic E-state index is 6.10. The predicted molar refractivity (Wildman–Crippen MR) is 60.6 cm³/mol. The van der Waals surface area contributed by atoms with Crippen LogP contribution >= 0.6 is 0 Å². The van der Waals surface area contributed by atoms with Gasteiger partial charge in [0.05, 0.1) is 12.7 Å². The molecule has 0 aromatic heterocycles. The van der Waals surface area contributed by atoms with Gasteiger partial charge < -0.3 is 9.47 Å². The summed E-state index contributed by atoms with van der Waals surface area (Å²) >= 11 is 0. The van der Waals surface area contributed by atoms with Crippen LogP contribution in [-0.4, -0.2) is 18.5 Å². The Morgan fingerprint density at radius 1 is 1.13 bits per heavy atom. The summed E-state index contributed by atoms with van der Waals surface area (Å²) in [4.78, 5) is 0. The normalized spacial score (nSPS) is 45.6. The van der Waals surface area contributed by atoms with E-state index in [2.05, 4.69) is 27.7 Å². The van der Waals surface area contributed by atoms with E-state index in [9.17, 15) is 0 Å². The van der Waals surface area contributed by atoms with E-state index in [-0.39, 0.29) is 5.79 Å². The zero-order chi connectivity index (χ0) is 11.1. The molecule has 1 spiro atoms. The van der Waals surface area contributed by atoms with Crippen molar-refractivity contribution in [3.8, 4) is 0 Å². The van der Waals surface area contributed by atoms with Gasteiger partial charge in [-0.05, 0) is 31.1 Å². The quantitative estimate of drug-likeness (QED) is 0.613. The maximum Gasteiger partial charge on any atom is 0.169 e. The molecule has 0 aromatic carbocycles. The van der Waals surface area contributed by atoms with Gasteiger partial charge in [0.2, 0.25) is 0 Å². The van der Waals surface area contributed by atoms with E-state index in [1.165, 1.54) is 6.42 Å². The smallest absolute Gasteiger partial charge is 0.169 e. The fourth-order valence-corrected chi connectivity index (χ4v) is 3.49. The van der Waals surface area contributed by atoms with Crippen LogP contribution in [0.4, 0.5) is 0 Å². The average molecular weight is 212 g/mol. The van der Waals surface area contributed by atoms with E-state index in [1.54, 1.807) is 0 Å². The zero-order valence-corrected chi connectivity index (χ0v) is 10.5. The Labute approximate surface area is 93.3 Å². The first-order chi connectivity index (χ1) is 6.91. The molecule has 2 rings (SSSR count). The molecule has 0 amide bonds. The van der Waals surface area contributed by atoms with Crippen molar-refractivity contribution in [3.05, 3.63) is 0 Å². The Morgan fingerprint density at radius 2 is 1.87 bits per heavy atom. The molecule has 0 unspecified atom stereocenters. The molecule has 2 nitrogen and oxygen atoms in total. The van der Waals surface area contributed by atoms with Crippen LogP contribution in [0.2, 0.25) is 0 Å². The summed E-state index contributed by atoms with van der Waals surface area (Å²) in [6, 6.07) is 0. The van der Waals surface area contributed by atoms with Gasteiger partial charge >= 0.3 is 0 Å². The van der Waals surface area contributed by atoms with Crippen molar-refractivity contribution >= 4 is 0 Å². The second kappa shape index (κ2) is 3.74. The van der Waals surface area contributed by atoms with Crippen LogP contribution in [0.25, 0.3) is 0 Å². The van der Waals surface area contributed by atoms with Crippen molar-refractivity contribution in [2.24, 2.45) is 11.3 Å². The molecule has 1 heterocycles. The highest BCUT2D eigenvalue weighted by Gasteiger charge is 2.46. The van der Waals surface area contributed by atoms with Gasteiger partial charge in [0.15, 0.2) is 5.79 Å². The van der Waals surface area contributed by atoms with Gasteiger partial charge in [-0.2, -0.15) is 0 Å². The Bertz CT molecular complexity index is 233. The first kappa shape index (κ1) is 11.4. The molecule has 0 aromatic rings. The number of hydrogen-bond acceptors (Lipinski definition) is 2. The third-order valence-corrected chi connectivity index (χ3v) is 3.61. The number of ether oxygens (including phenoxy) is 2. The van der Waals surface area contributed by atoms with E-state index in [0.717, 1.165) is 25.9 Å². The van der Waals surface area contributed by atoms with Crippen molar-refractivity contribution in [2.45, 2.75) is 65.3 Å². The average Bonchev–Trinajstić information content (AvgIpc) is 1.97. The van der Waals surface area contributed by atoms with Crippen molar-refractivity contribution in [1.29, 1.82) is 0 Å². The van der Waals surface area contributed by atoms with Crippen LogP contribution in [-0.2, 0) is 9.47 Å². The van der Waals surface area contributed by atoms with E-state index in [1.807, 2.05) is 0 Å². The van der Waals surface area contributed by atoms with Gasteiger partial charge in [-0.1, -0.05) is 20.8 Å². The molecule has 2 aliphatic rings. The fourth-order valence-electron chi connectivity index (χ4n) is 3.49. The summed E-state index contributed by atoms with van der Waals surface area (Å²) in [5, 5.41) is 0. The molecule has 15 heavy (non-hydrogen) atoms. The molecular formula is C13H24O2. The molecule has 1 saturated carbocycles. The molecule has 1 aliphatic heterocycles. The number of hydrogen-bond donors (Lipinski definition) is 0. The van der Waals surface area contributed by atoms with Crippen molar-refractivity contribution in [2.75, 3.05) is 6.61 Å². The first-order valence-electron chi connectivity index (χ1n) is 6.23. The lowest BCUT2D eigenvalue weighted by Crippen LogP contribution is -2.50. The molecule has 0 bridgehead atoms. The van der Waals surface area contributed by atoms with Gasteiger partial charge in [-0.3, -0.25) is 0 Å². The lowest BCUT2D eigenvalue weighted by atomic mass is 9.69. The SMILES string of the molecule is C[C@@H]1CC(C)(C)C[C@]2(C1)OCC[C@@H](C)O2. The maximum absolute atomic E-state index is 6.10. The molecule has 3 atom stereocenters. The Morgan fingerprint density at radius 3 is 2.47 bits per heavy atom. The molecular weight excluding hydrogens is 188 g/mol. The minimum atomic E-state index is -0.265. The lowest BCUT2D eigenvalue weighted by Gasteiger charge is -2.50. The summed E-state index contributed by atoms with van der Waals surface area (Å²) in [7, 11) is 0. The predicted octanol–water partition coefficient (Wildman–Crippen LogP) is 3.35. The summed E-state index contributed by atoms with van der Waals surface area (Å²) < 4.78 is 12.1. The highest BCUT2D eigenvalue weighted by molar-refractivity contribution is 4.90. The monoisotopic (exact) mass is 212 g/mol. The van der Waals surface area contributed by atoms with Crippen LogP contribution < -0.4 is 0 Å². The second-order valence-electron chi connectivity index (χ2n) is 6.33. The molecule has 2 fully saturated rings. The van der Waals surface area contributed by atoms with Crippen molar-refractivity contribution < 1.29 is 9.47 Å². The fraction of sp³-hybridized carbons (Fsp3) is 1.00. The van der Waals surface area contributed by atoms with Crippen LogP contribution in [0.1, 0.15) is 53.4 Å². The second-order valence-corrected chi connectivity index (χ2v) is 6.33. The Balaban J connectivity index is 2.12. The van der Waals surface area contributed by atoms with Gasteiger partial charge in [-0.25, -0.2) is 0 Å². The Kier molecular flexibility index (Phi) is 2.85. The third-order valence-electron chi connectivity index (χ3n) is 3.61. The van der Waals surface area contributed by atoms with Gasteiger partial charge in [0.25, 0.3) is 0 Å². The topological polar surface area (TPSA) is 18.5 Å². The van der Waals surface area contributed by atoms with E-state index < -0.39 is 0 Å². The number of rotatable bonds is 0. The zero-order valence-electron chi connectivity index (χ0n) is 10.5. The van der Waals surface area contributed by atoms with Crippen molar-refractivity contribution in [3.63, 3.8) is 0 Å². The van der Waals surface area contributed by atoms with E-state index in [4.69, 9.17) is 9.47 Å². The molecule has 2 heteroatoms. The van der Waals surface area contributed by atoms with Gasteiger partial charge in [0.1, 0.15) is 0 Å². The first-order valence-corrected chi connectivity index (χ1v) is 6.23. The van der Waals surface area contributed by atoms with E-state index >= 15 is 0 Å². The molecule has 1 aliphatic carbocycles. The molecule has 1 saturated heterocycles. The van der Waals surface area contributed by atoms with Gasteiger partial charge in [-0.15, -0.1) is 0 Å². The van der Waals surface area contributed by atoms with Crippen molar-refractivity contribution in [1.82, 2.24) is 0 Å². The molecule has 0 radical (unpaired) electrons. The van der Waals surface area contributed by atoms with Crippen LogP contribution in [0.15, 0.2) is 0 Å². The molecule has 88 valence electrons. The van der Waals surface area contributed by atoms with Crippen LogP contribution in [0, 0.1) is 11.3 Å². The third kappa shape index (κ3) is 2.54. The largest absolute Gasteiger partial charge is 0.350 e. The summed E-state index contributed by atoms with van der Waals surface area (Å²) in [5.74, 6) is 0.442. The molecule has 0 N–H and O–H groups in total. The minimum Gasteiger partial charge on any atom is -0.350 e. The lowest BCUT2D eigenvalue weighted by molar-refractivity contribution is -0.318. The highest BCUT2D eigenvalue weighted by Crippen LogP contribution is 2.47.